The highest BCUT2D eigenvalue weighted by Crippen LogP contribution is 2.29. The topological polar surface area (TPSA) is 41.5 Å². The van der Waals surface area contributed by atoms with Gasteiger partial charge in [-0.1, -0.05) is 30.3 Å². The highest BCUT2D eigenvalue weighted by Gasteiger charge is 2.14. The molecule has 106 valence electrons. The number of benzene rings is 2. The van der Waals surface area contributed by atoms with Crippen LogP contribution in [0.4, 0.5) is 0 Å². The molecule has 2 rings (SSSR count). The van der Waals surface area contributed by atoms with Gasteiger partial charge in [-0.25, -0.2) is 0 Å². The number of phenolic OH excluding ortho intramolecular Hbond substituents is 1. The van der Waals surface area contributed by atoms with Gasteiger partial charge in [0.25, 0.3) is 0 Å². The Morgan fingerprint density at radius 1 is 1.15 bits per heavy atom. The van der Waals surface area contributed by atoms with Crippen LogP contribution in [0.3, 0.4) is 0 Å². The van der Waals surface area contributed by atoms with E-state index in [1.807, 2.05) is 38.2 Å². The molecule has 0 fully saturated rings. The van der Waals surface area contributed by atoms with Gasteiger partial charge in [0.1, 0.15) is 17.6 Å². The maximum atomic E-state index is 9.46. The summed E-state index contributed by atoms with van der Waals surface area (Å²) in [6, 6.07) is 15.4. The van der Waals surface area contributed by atoms with Gasteiger partial charge < -0.3 is 15.2 Å². The lowest BCUT2D eigenvalue weighted by molar-refractivity contribution is 0.193. The van der Waals surface area contributed by atoms with Gasteiger partial charge in [0, 0.05) is 6.42 Å². The second kappa shape index (κ2) is 6.96. The second-order valence-corrected chi connectivity index (χ2v) is 4.86. The van der Waals surface area contributed by atoms with Crippen LogP contribution in [-0.2, 0) is 0 Å². The van der Waals surface area contributed by atoms with Crippen LogP contribution in [-0.4, -0.2) is 18.7 Å². The minimum Gasteiger partial charge on any atom is -0.508 e. The first-order valence-electron chi connectivity index (χ1n) is 6.86. The molecule has 0 aliphatic rings. The number of hydrogen-bond donors (Lipinski definition) is 2. The molecule has 0 aliphatic heterocycles. The standard InChI is InChI=1S/C17H21NO2/c1-13-12-15(19)8-9-16(13)20-17(10-11-18-2)14-6-4-3-5-7-14/h3-9,12,17-19H,10-11H2,1-2H3/t17-/m0/s1. The van der Waals surface area contributed by atoms with Crippen LogP contribution in [0.2, 0.25) is 0 Å². The van der Waals surface area contributed by atoms with Gasteiger partial charge in [0.05, 0.1) is 0 Å². The summed E-state index contributed by atoms with van der Waals surface area (Å²) in [6.45, 7) is 2.83. The van der Waals surface area contributed by atoms with Crippen molar-refractivity contribution >= 4 is 0 Å². The summed E-state index contributed by atoms with van der Waals surface area (Å²) in [6.07, 6.45) is 0.896. The SMILES string of the molecule is CNCC[C@H](Oc1ccc(O)cc1C)c1ccccc1. The molecule has 2 aromatic rings. The molecule has 0 saturated heterocycles. The Labute approximate surface area is 120 Å². The minimum atomic E-state index is 0.00638. The van der Waals surface area contributed by atoms with Crippen molar-refractivity contribution in [3.63, 3.8) is 0 Å². The van der Waals surface area contributed by atoms with Crippen LogP contribution < -0.4 is 10.1 Å². The Balaban J connectivity index is 2.19. The number of aromatic hydroxyl groups is 1. The third kappa shape index (κ3) is 3.75. The molecule has 3 nitrogen and oxygen atoms in total. The Bertz CT molecular complexity index is 540. The fourth-order valence-corrected chi connectivity index (χ4v) is 2.16. The third-order valence-corrected chi connectivity index (χ3v) is 3.26. The summed E-state index contributed by atoms with van der Waals surface area (Å²) in [4.78, 5) is 0. The zero-order valence-corrected chi connectivity index (χ0v) is 12.0. The molecule has 20 heavy (non-hydrogen) atoms. The largest absolute Gasteiger partial charge is 0.508 e. The number of ether oxygens (including phenoxy) is 1. The number of rotatable bonds is 6. The number of nitrogens with one attached hydrogen (secondary N) is 1. The molecule has 0 bridgehead atoms. The molecule has 3 heteroatoms. The average molecular weight is 271 g/mol. The lowest BCUT2D eigenvalue weighted by Crippen LogP contribution is -2.16. The minimum absolute atomic E-state index is 0.00638. The predicted molar refractivity (Wildman–Crippen MR) is 81.2 cm³/mol. The summed E-state index contributed by atoms with van der Waals surface area (Å²) < 4.78 is 6.14. The summed E-state index contributed by atoms with van der Waals surface area (Å²) >= 11 is 0. The van der Waals surface area contributed by atoms with Crippen molar-refractivity contribution in [1.82, 2.24) is 5.32 Å². The lowest BCUT2D eigenvalue weighted by atomic mass is 10.1. The van der Waals surface area contributed by atoms with Crippen LogP contribution in [0, 0.1) is 6.92 Å². The first-order valence-corrected chi connectivity index (χ1v) is 6.86. The first-order chi connectivity index (χ1) is 9.70. The third-order valence-electron chi connectivity index (χ3n) is 3.26. The molecule has 0 aliphatic carbocycles. The average Bonchev–Trinajstić information content (AvgIpc) is 2.46. The van der Waals surface area contributed by atoms with Crippen molar-refractivity contribution in [2.75, 3.05) is 13.6 Å². The zero-order chi connectivity index (χ0) is 14.4. The fourth-order valence-electron chi connectivity index (χ4n) is 2.16. The molecule has 0 heterocycles. The quantitative estimate of drug-likeness (QED) is 0.845. The van der Waals surface area contributed by atoms with E-state index in [1.54, 1.807) is 12.1 Å². The molecule has 0 unspecified atom stereocenters. The van der Waals surface area contributed by atoms with Crippen molar-refractivity contribution in [3.8, 4) is 11.5 Å². The molecule has 0 saturated carbocycles. The van der Waals surface area contributed by atoms with Gasteiger partial charge in [-0.3, -0.25) is 0 Å². The van der Waals surface area contributed by atoms with Crippen LogP contribution in [0.1, 0.15) is 23.7 Å². The first kappa shape index (κ1) is 14.4. The van der Waals surface area contributed by atoms with E-state index in [0.717, 1.165) is 29.8 Å². The number of hydrogen-bond acceptors (Lipinski definition) is 3. The maximum absolute atomic E-state index is 9.46. The van der Waals surface area contributed by atoms with E-state index in [0.29, 0.717) is 0 Å². The van der Waals surface area contributed by atoms with E-state index in [2.05, 4.69) is 17.4 Å². The van der Waals surface area contributed by atoms with E-state index in [-0.39, 0.29) is 11.9 Å². The second-order valence-electron chi connectivity index (χ2n) is 4.86. The van der Waals surface area contributed by atoms with Gasteiger partial charge in [0.15, 0.2) is 0 Å². The summed E-state index contributed by atoms with van der Waals surface area (Å²) in [7, 11) is 1.94. The van der Waals surface area contributed by atoms with Crippen molar-refractivity contribution in [2.45, 2.75) is 19.4 Å². The van der Waals surface area contributed by atoms with E-state index in [9.17, 15) is 5.11 Å². The fraction of sp³-hybridized carbons (Fsp3) is 0.294. The van der Waals surface area contributed by atoms with Gasteiger partial charge >= 0.3 is 0 Å². The van der Waals surface area contributed by atoms with Crippen molar-refractivity contribution < 1.29 is 9.84 Å². The van der Waals surface area contributed by atoms with E-state index in [1.165, 1.54) is 0 Å². The predicted octanol–water partition coefficient (Wildman–Crippen LogP) is 3.43. The number of phenols is 1. The smallest absolute Gasteiger partial charge is 0.125 e. The van der Waals surface area contributed by atoms with Crippen LogP contribution in [0.25, 0.3) is 0 Å². The molecule has 0 amide bonds. The van der Waals surface area contributed by atoms with E-state index >= 15 is 0 Å². The van der Waals surface area contributed by atoms with Crippen molar-refractivity contribution in [2.24, 2.45) is 0 Å². The number of aryl methyl sites for hydroxylation is 1. The molecule has 0 radical (unpaired) electrons. The van der Waals surface area contributed by atoms with E-state index < -0.39 is 0 Å². The molecule has 2 N–H and O–H groups in total. The van der Waals surface area contributed by atoms with Crippen LogP contribution >= 0.6 is 0 Å². The molecule has 0 spiro atoms. The van der Waals surface area contributed by atoms with Crippen LogP contribution in [0.15, 0.2) is 48.5 Å². The Hall–Kier alpha value is -2.00. The molecule has 1 atom stereocenters. The highest BCUT2D eigenvalue weighted by atomic mass is 16.5. The van der Waals surface area contributed by atoms with E-state index in [4.69, 9.17) is 4.74 Å². The summed E-state index contributed by atoms with van der Waals surface area (Å²) in [5.74, 6) is 1.08. The monoisotopic (exact) mass is 271 g/mol. The van der Waals surface area contributed by atoms with Gasteiger partial charge in [-0.2, -0.15) is 0 Å². The van der Waals surface area contributed by atoms with Crippen molar-refractivity contribution in [1.29, 1.82) is 0 Å². The Kier molecular flexibility index (Phi) is 5.02. The molecule has 2 aromatic carbocycles. The van der Waals surface area contributed by atoms with Gasteiger partial charge in [-0.15, -0.1) is 0 Å². The van der Waals surface area contributed by atoms with Gasteiger partial charge in [0.2, 0.25) is 0 Å². The van der Waals surface area contributed by atoms with Gasteiger partial charge in [-0.05, 0) is 49.8 Å². The molecule has 0 aromatic heterocycles. The summed E-state index contributed by atoms with van der Waals surface area (Å²) in [5, 5.41) is 12.6. The highest BCUT2D eigenvalue weighted by molar-refractivity contribution is 5.39. The molecular formula is C17H21NO2. The van der Waals surface area contributed by atoms with Crippen LogP contribution in [0.5, 0.6) is 11.5 Å². The summed E-state index contributed by atoms with van der Waals surface area (Å²) in [5.41, 5.74) is 2.10. The maximum Gasteiger partial charge on any atom is 0.125 e. The zero-order valence-electron chi connectivity index (χ0n) is 12.0. The molecular weight excluding hydrogens is 250 g/mol. The van der Waals surface area contributed by atoms with Crippen molar-refractivity contribution in [3.05, 3.63) is 59.7 Å². The normalized spacial score (nSPS) is 12.1. The Morgan fingerprint density at radius 3 is 2.55 bits per heavy atom. The lowest BCUT2D eigenvalue weighted by Gasteiger charge is -2.21. The Morgan fingerprint density at radius 2 is 1.90 bits per heavy atom.